The topological polar surface area (TPSA) is 0 Å². The van der Waals surface area contributed by atoms with E-state index in [1.54, 1.807) is 22.3 Å². The quantitative estimate of drug-likeness (QED) is 0.0549. The zero-order valence-corrected chi connectivity index (χ0v) is 31.6. The molecule has 0 saturated carbocycles. The molecule has 0 radical (unpaired) electrons. The Bertz CT molecular complexity index is 835. The van der Waals surface area contributed by atoms with Crippen LogP contribution in [0.2, 0.25) is 0 Å². The van der Waals surface area contributed by atoms with E-state index >= 15 is 0 Å². The van der Waals surface area contributed by atoms with Gasteiger partial charge in [0.1, 0.15) is 0 Å². The van der Waals surface area contributed by atoms with Crippen molar-refractivity contribution in [2.45, 2.75) is 207 Å². The molecule has 0 fully saturated rings. The first-order valence-electron chi connectivity index (χ1n) is 20.5. The lowest BCUT2D eigenvalue weighted by Gasteiger charge is -2.19. The number of hydrogen-bond acceptors (Lipinski definition) is 0. The van der Waals surface area contributed by atoms with Gasteiger partial charge in [-0.05, 0) is 125 Å². The van der Waals surface area contributed by atoms with Gasteiger partial charge in [-0.2, -0.15) is 0 Å². The fourth-order valence-electron chi connectivity index (χ4n) is 6.51. The van der Waals surface area contributed by atoms with Gasteiger partial charge in [0, 0.05) is 0 Å². The van der Waals surface area contributed by atoms with Gasteiger partial charge in [0.15, 0.2) is 0 Å². The molecule has 0 amide bonds. The molecule has 0 aromatic heterocycles. The van der Waals surface area contributed by atoms with Crippen molar-refractivity contribution in [3.8, 4) is 0 Å². The van der Waals surface area contributed by atoms with Crippen molar-refractivity contribution in [1.29, 1.82) is 0 Å². The first kappa shape index (κ1) is 42.2. The molecule has 1 rings (SSSR count). The first-order chi connectivity index (χ1) is 22.8. The van der Waals surface area contributed by atoms with Crippen molar-refractivity contribution in [3.63, 3.8) is 0 Å². The second-order valence-electron chi connectivity index (χ2n) is 13.8. The Kier molecular flexibility index (Phi) is 30.4. The maximum Gasteiger partial charge on any atom is -0.0239 e. The number of hydrogen-bond donors (Lipinski definition) is 0. The number of aryl methyl sites for hydroxylation is 2. The highest BCUT2D eigenvalue weighted by atomic mass is 14.2. The second-order valence-corrected chi connectivity index (χ2v) is 13.8. The van der Waals surface area contributed by atoms with Crippen molar-refractivity contribution in [3.05, 3.63) is 83.0 Å². The van der Waals surface area contributed by atoms with Gasteiger partial charge in [-0.25, -0.2) is 0 Å². The fraction of sp³-hybridized carbons (Fsp3) is 0.696. The van der Waals surface area contributed by atoms with E-state index in [0.717, 1.165) is 0 Å². The highest BCUT2D eigenvalue weighted by Gasteiger charge is 2.12. The van der Waals surface area contributed by atoms with Gasteiger partial charge in [-0.1, -0.05) is 165 Å². The van der Waals surface area contributed by atoms with Crippen LogP contribution in [0.4, 0.5) is 0 Å². The van der Waals surface area contributed by atoms with E-state index < -0.39 is 0 Å². The van der Waals surface area contributed by atoms with Gasteiger partial charge < -0.3 is 0 Å². The average Bonchev–Trinajstić information content (AvgIpc) is 3.07. The van der Waals surface area contributed by atoms with Crippen LogP contribution in [-0.2, 0) is 25.7 Å². The smallest absolute Gasteiger partial charge is 0.0239 e. The van der Waals surface area contributed by atoms with E-state index in [1.165, 1.54) is 180 Å². The largest absolute Gasteiger partial charge is 0.0885 e. The van der Waals surface area contributed by atoms with E-state index in [0.29, 0.717) is 0 Å². The minimum Gasteiger partial charge on any atom is -0.0885 e. The molecule has 0 atom stereocenters. The van der Waals surface area contributed by atoms with Gasteiger partial charge in [-0.15, -0.1) is 0 Å². The lowest BCUT2D eigenvalue weighted by Crippen LogP contribution is -2.05. The maximum atomic E-state index is 2.51. The van der Waals surface area contributed by atoms with E-state index in [4.69, 9.17) is 0 Å². The fourth-order valence-corrected chi connectivity index (χ4v) is 6.51. The summed E-state index contributed by atoms with van der Waals surface area (Å²) in [6.07, 6.45) is 55.9. The van der Waals surface area contributed by atoms with Crippen molar-refractivity contribution in [2.24, 2.45) is 0 Å². The molecule has 0 N–H and O–H groups in total. The summed E-state index contributed by atoms with van der Waals surface area (Å²) in [7, 11) is 0. The van der Waals surface area contributed by atoms with Gasteiger partial charge in [0.25, 0.3) is 0 Å². The number of benzene rings is 1. The van der Waals surface area contributed by atoms with Crippen LogP contribution in [0.25, 0.3) is 0 Å². The van der Waals surface area contributed by atoms with Crippen molar-refractivity contribution in [2.75, 3.05) is 0 Å². The zero-order chi connectivity index (χ0) is 33.2. The van der Waals surface area contributed by atoms with E-state index in [1.807, 2.05) is 0 Å². The van der Waals surface area contributed by atoms with Crippen LogP contribution in [0.15, 0.2) is 60.7 Å². The SMILES string of the molecule is CCCCCC/C=C/CCc1ccc(CC/C=C/CCCCCC)c(CC/C=C/CCCCCC)c1CC/C=C/CCCCCC. The summed E-state index contributed by atoms with van der Waals surface area (Å²) in [5, 5.41) is 0. The molecule has 0 aliphatic heterocycles. The molecule has 1 aromatic carbocycles. The molecule has 0 aliphatic rings. The minimum atomic E-state index is 1.17. The number of unbranched alkanes of at least 4 members (excludes halogenated alkanes) is 16. The molecule has 0 bridgehead atoms. The Balaban J connectivity index is 3.03. The molecule has 46 heavy (non-hydrogen) atoms. The zero-order valence-electron chi connectivity index (χ0n) is 31.6. The molecule has 0 spiro atoms. The molecule has 0 heteroatoms. The average molecular weight is 631 g/mol. The lowest BCUT2D eigenvalue weighted by atomic mass is 9.86. The van der Waals surface area contributed by atoms with Crippen molar-refractivity contribution in [1.82, 2.24) is 0 Å². The molecular formula is C46H78. The number of rotatable bonds is 32. The van der Waals surface area contributed by atoms with Crippen LogP contribution in [-0.4, -0.2) is 0 Å². The van der Waals surface area contributed by atoms with Gasteiger partial charge in [-0.3, -0.25) is 0 Å². The van der Waals surface area contributed by atoms with Crippen LogP contribution in [0, 0.1) is 0 Å². The van der Waals surface area contributed by atoms with Crippen LogP contribution in [0.3, 0.4) is 0 Å². The third-order valence-corrected chi connectivity index (χ3v) is 9.47. The van der Waals surface area contributed by atoms with Gasteiger partial charge >= 0.3 is 0 Å². The molecule has 1 aromatic rings. The summed E-state index contributed by atoms with van der Waals surface area (Å²) in [5.74, 6) is 0. The predicted octanol–water partition coefficient (Wildman–Crippen LogP) is 15.5. The standard InChI is InChI=1S/C46H78/c1-5-9-13-17-21-25-29-33-37-43-41-42-44(38-34-30-26-22-18-14-10-6-2)46(40-36-32-28-24-20-16-12-8-4)45(43)39-35-31-27-23-19-15-11-7-3/h25-32,41-42H,5-24,33-40H2,1-4H3/b29-25+,30-26+,31-27+,32-28+. The highest BCUT2D eigenvalue weighted by molar-refractivity contribution is 5.42. The third-order valence-electron chi connectivity index (χ3n) is 9.47. The summed E-state index contributed by atoms with van der Waals surface area (Å²) in [6.45, 7) is 9.20. The Morgan fingerprint density at radius 1 is 0.304 bits per heavy atom. The van der Waals surface area contributed by atoms with Crippen molar-refractivity contribution < 1.29 is 0 Å². The predicted molar refractivity (Wildman–Crippen MR) is 211 cm³/mol. The summed E-state index contributed by atoms with van der Waals surface area (Å²) >= 11 is 0. The molecule has 0 unspecified atom stereocenters. The normalized spacial score (nSPS) is 12.3. The van der Waals surface area contributed by atoms with Crippen LogP contribution >= 0.6 is 0 Å². The summed E-state index contributed by atoms with van der Waals surface area (Å²) < 4.78 is 0. The van der Waals surface area contributed by atoms with Crippen LogP contribution in [0.1, 0.15) is 204 Å². The Hall–Kier alpha value is -1.82. The number of allylic oxidation sites excluding steroid dienone is 8. The molecular weight excluding hydrogens is 553 g/mol. The van der Waals surface area contributed by atoms with E-state index in [9.17, 15) is 0 Å². The lowest BCUT2D eigenvalue weighted by molar-refractivity contribution is 0.673. The third kappa shape index (κ3) is 23.5. The monoisotopic (exact) mass is 631 g/mol. The van der Waals surface area contributed by atoms with Crippen molar-refractivity contribution >= 4 is 0 Å². The Morgan fingerprint density at radius 2 is 0.565 bits per heavy atom. The minimum absolute atomic E-state index is 1.17. The Morgan fingerprint density at radius 3 is 0.848 bits per heavy atom. The van der Waals surface area contributed by atoms with Gasteiger partial charge in [0.05, 0.1) is 0 Å². The summed E-state index contributed by atoms with van der Waals surface area (Å²) in [5.41, 5.74) is 6.59. The molecule has 0 nitrogen and oxygen atoms in total. The summed E-state index contributed by atoms with van der Waals surface area (Å²) in [4.78, 5) is 0. The van der Waals surface area contributed by atoms with Crippen LogP contribution < -0.4 is 0 Å². The molecule has 0 saturated heterocycles. The summed E-state index contributed by atoms with van der Waals surface area (Å²) in [6, 6.07) is 5.02. The Labute approximate surface area is 289 Å². The first-order valence-corrected chi connectivity index (χ1v) is 20.5. The molecule has 0 heterocycles. The molecule has 0 aliphatic carbocycles. The van der Waals surface area contributed by atoms with E-state index in [-0.39, 0.29) is 0 Å². The van der Waals surface area contributed by atoms with E-state index in [2.05, 4.69) is 88.4 Å². The second kappa shape index (κ2) is 33.1. The maximum absolute atomic E-state index is 2.51. The van der Waals surface area contributed by atoms with Gasteiger partial charge in [0.2, 0.25) is 0 Å². The molecule has 262 valence electrons. The highest BCUT2D eigenvalue weighted by Crippen LogP contribution is 2.26. The van der Waals surface area contributed by atoms with Crippen LogP contribution in [0.5, 0.6) is 0 Å².